The molecule has 27 heavy (non-hydrogen) atoms. The van der Waals surface area contributed by atoms with Crippen molar-refractivity contribution in [3.8, 4) is 0 Å². The van der Waals surface area contributed by atoms with Gasteiger partial charge in [-0.3, -0.25) is 4.79 Å². The van der Waals surface area contributed by atoms with Crippen LogP contribution in [-0.2, 0) is 9.59 Å². The minimum atomic E-state index is -0.458. The summed E-state index contributed by atoms with van der Waals surface area (Å²) in [5.74, 6) is 1.17. The molecule has 0 aliphatic carbocycles. The van der Waals surface area contributed by atoms with E-state index in [-0.39, 0.29) is 5.91 Å². The normalized spacial score (nSPS) is 12.0. The quantitative estimate of drug-likeness (QED) is 0.290. The Bertz CT molecular complexity index is 427. The van der Waals surface area contributed by atoms with Gasteiger partial charge in [0.2, 0.25) is 5.91 Å². The van der Waals surface area contributed by atoms with Crippen LogP contribution in [0.5, 0.6) is 0 Å². The zero-order valence-corrected chi connectivity index (χ0v) is 18.4. The van der Waals surface area contributed by atoms with Crippen molar-refractivity contribution in [2.45, 2.75) is 96.9 Å². The van der Waals surface area contributed by atoms with Crippen LogP contribution < -0.4 is 10.6 Å². The van der Waals surface area contributed by atoms with Crippen LogP contribution in [0.25, 0.3) is 0 Å². The molecule has 0 aromatic rings. The highest BCUT2D eigenvalue weighted by atomic mass is 16.1. The van der Waals surface area contributed by atoms with E-state index in [4.69, 9.17) is 0 Å². The Morgan fingerprint density at radius 2 is 1.63 bits per heavy atom. The number of allylic oxidation sites excluding steroid dienone is 1. The number of hydrogen-bond acceptors (Lipinski definition) is 4. The van der Waals surface area contributed by atoms with Crippen molar-refractivity contribution in [3.63, 3.8) is 0 Å². The summed E-state index contributed by atoms with van der Waals surface area (Å²) in [5, 5.41) is 6.27. The number of aldehydes is 1. The molecule has 0 aliphatic heterocycles. The van der Waals surface area contributed by atoms with Crippen LogP contribution in [0, 0.1) is 0 Å². The Labute approximate surface area is 167 Å². The molecule has 1 amide bonds. The van der Waals surface area contributed by atoms with Crippen LogP contribution in [0.2, 0.25) is 0 Å². The Hall–Kier alpha value is -1.52. The third kappa shape index (κ3) is 11.0. The standard InChI is InChI=1S/C22H43N3O2/c1-6-9-16-22(19-26,17-10-7-2)24-20(14-8-3)25(5)18-13-11-12-15-21(27)23-4/h14,19,24H,6-13,15-18H2,1-5H3,(H,23,27)/b20-14-. The smallest absolute Gasteiger partial charge is 0.219 e. The molecule has 0 bridgehead atoms. The number of unbranched alkanes of at least 4 members (excludes halogenated alkanes) is 4. The number of nitrogens with zero attached hydrogens (tertiary/aromatic N) is 1. The topological polar surface area (TPSA) is 61.4 Å². The molecular weight excluding hydrogens is 338 g/mol. The van der Waals surface area contributed by atoms with Gasteiger partial charge in [-0.25, -0.2) is 0 Å². The summed E-state index contributed by atoms with van der Waals surface area (Å²) in [4.78, 5) is 25.6. The van der Waals surface area contributed by atoms with Crippen molar-refractivity contribution < 1.29 is 9.59 Å². The molecule has 0 unspecified atom stereocenters. The second-order valence-corrected chi connectivity index (χ2v) is 7.51. The summed E-state index contributed by atoms with van der Waals surface area (Å²) in [6.07, 6.45) is 13.9. The Kier molecular flexibility index (Phi) is 14.7. The number of carbonyl (C=O) groups excluding carboxylic acids is 2. The molecule has 0 radical (unpaired) electrons. The van der Waals surface area contributed by atoms with Crippen LogP contribution >= 0.6 is 0 Å². The van der Waals surface area contributed by atoms with E-state index in [0.717, 1.165) is 82.9 Å². The lowest BCUT2D eigenvalue weighted by Crippen LogP contribution is -2.49. The summed E-state index contributed by atoms with van der Waals surface area (Å²) in [5.41, 5.74) is -0.458. The first-order valence-electron chi connectivity index (χ1n) is 10.8. The van der Waals surface area contributed by atoms with Crippen molar-refractivity contribution in [1.82, 2.24) is 15.5 Å². The van der Waals surface area contributed by atoms with E-state index in [9.17, 15) is 9.59 Å². The second kappa shape index (κ2) is 15.5. The predicted molar refractivity (Wildman–Crippen MR) is 115 cm³/mol. The third-order valence-corrected chi connectivity index (χ3v) is 5.04. The van der Waals surface area contributed by atoms with Gasteiger partial charge in [-0.15, -0.1) is 0 Å². The van der Waals surface area contributed by atoms with Gasteiger partial charge in [0.15, 0.2) is 0 Å². The second-order valence-electron chi connectivity index (χ2n) is 7.51. The van der Waals surface area contributed by atoms with Gasteiger partial charge in [0.1, 0.15) is 6.29 Å². The van der Waals surface area contributed by atoms with E-state index in [2.05, 4.69) is 49.4 Å². The third-order valence-electron chi connectivity index (χ3n) is 5.04. The first-order valence-corrected chi connectivity index (χ1v) is 10.8. The van der Waals surface area contributed by atoms with Crippen LogP contribution in [0.4, 0.5) is 0 Å². The first-order chi connectivity index (χ1) is 13.0. The lowest BCUT2D eigenvalue weighted by atomic mass is 9.88. The molecule has 0 aromatic heterocycles. The maximum Gasteiger partial charge on any atom is 0.219 e. The van der Waals surface area contributed by atoms with Crippen molar-refractivity contribution in [2.75, 3.05) is 20.6 Å². The van der Waals surface area contributed by atoms with Crippen molar-refractivity contribution in [1.29, 1.82) is 0 Å². The maximum atomic E-state index is 12.0. The van der Waals surface area contributed by atoms with Gasteiger partial charge >= 0.3 is 0 Å². The first kappa shape index (κ1) is 25.5. The average Bonchev–Trinajstić information content (AvgIpc) is 2.68. The molecule has 0 saturated carbocycles. The van der Waals surface area contributed by atoms with E-state index in [1.807, 2.05) is 0 Å². The number of rotatable bonds is 17. The maximum absolute atomic E-state index is 12.0. The van der Waals surface area contributed by atoms with Gasteiger partial charge in [0.25, 0.3) is 0 Å². The molecule has 0 aliphatic rings. The molecule has 0 rings (SSSR count). The highest BCUT2D eigenvalue weighted by molar-refractivity contribution is 5.75. The van der Waals surface area contributed by atoms with Crippen LogP contribution in [-0.4, -0.2) is 43.3 Å². The fraction of sp³-hybridized carbons (Fsp3) is 0.818. The number of hydrogen-bond donors (Lipinski definition) is 2. The average molecular weight is 382 g/mol. The summed E-state index contributed by atoms with van der Waals surface area (Å²) >= 11 is 0. The van der Waals surface area contributed by atoms with Crippen LogP contribution in [0.1, 0.15) is 91.4 Å². The predicted octanol–water partition coefficient (Wildman–Crippen LogP) is 4.38. The van der Waals surface area contributed by atoms with Gasteiger partial charge in [0.05, 0.1) is 11.4 Å². The van der Waals surface area contributed by atoms with E-state index in [1.165, 1.54) is 0 Å². The molecular formula is C22H43N3O2. The highest BCUT2D eigenvalue weighted by Crippen LogP contribution is 2.22. The number of carbonyl (C=O) groups is 2. The van der Waals surface area contributed by atoms with E-state index in [1.54, 1.807) is 7.05 Å². The van der Waals surface area contributed by atoms with Crippen molar-refractivity contribution in [2.24, 2.45) is 0 Å². The van der Waals surface area contributed by atoms with Gasteiger partial charge in [-0.1, -0.05) is 52.9 Å². The molecule has 0 heterocycles. The molecule has 0 atom stereocenters. The largest absolute Gasteiger partial charge is 0.362 e. The lowest BCUT2D eigenvalue weighted by Gasteiger charge is -2.35. The molecule has 0 aromatic carbocycles. The Balaban J connectivity index is 4.81. The molecule has 5 nitrogen and oxygen atoms in total. The van der Waals surface area contributed by atoms with Crippen LogP contribution in [0.3, 0.4) is 0 Å². The lowest BCUT2D eigenvalue weighted by molar-refractivity contribution is -0.120. The highest BCUT2D eigenvalue weighted by Gasteiger charge is 2.29. The van der Waals surface area contributed by atoms with Gasteiger partial charge in [-0.2, -0.15) is 0 Å². The summed E-state index contributed by atoms with van der Waals surface area (Å²) in [6.45, 7) is 7.38. The molecule has 2 N–H and O–H groups in total. The molecule has 0 fully saturated rings. The Morgan fingerprint density at radius 3 is 2.11 bits per heavy atom. The zero-order chi connectivity index (χ0) is 20.5. The molecule has 158 valence electrons. The SMILES string of the molecule is CC/C=C(/NC(C=O)(CCCC)CCCC)N(C)CCCCCC(=O)NC. The van der Waals surface area contributed by atoms with Crippen LogP contribution in [0.15, 0.2) is 11.9 Å². The zero-order valence-electron chi connectivity index (χ0n) is 18.4. The molecule has 5 heteroatoms. The van der Waals surface area contributed by atoms with E-state index >= 15 is 0 Å². The summed E-state index contributed by atoms with van der Waals surface area (Å²) in [6, 6.07) is 0. The van der Waals surface area contributed by atoms with Crippen molar-refractivity contribution >= 4 is 12.2 Å². The fourth-order valence-electron chi connectivity index (χ4n) is 3.19. The molecule has 0 saturated heterocycles. The fourth-order valence-corrected chi connectivity index (χ4v) is 3.19. The monoisotopic (exact) mass is 381 g/mol. The minimum absolute atomic E-state index is 0.110. The summed E-state index contributed by atoms with van der Waals surface area (Å²) < 4.78 is 0. The van der Waals surface area contributed by atoms with E-state index < -0.39 is 5.54 Å². The molecule has 0 spiro atoms. The van der Waals surface area contributed by atoms with Crippen molar-refractivity contribution in [3.05, 3.63) is 11.9 Å². The van der Waals surface area contributed by atoms with Gasteiger partial charge < -0.3 is 20.3 Å². The minimum Gasteiger partial charge on any atom is -0.362 e. The van der Waals surface area contributed by atoms with Gasteiger partial charge in [-0.05, 0) is 38.2 Å². The van der Waals surface area contributed by atoms with E-state index in [0.29, 0.717) is 6.42 Å². The van der Waals surface area contributed by atoms with Gasteiger partial charge in [0, 0.05) is 27.1 Å². The number of amides is 1. The number of nitrogens with one attached hydrogen (secondary N) is 2. The summed E-state index contributed by atoms with van der Waals surface area (Å²) in [7, 11) is 3.77. The Morgan fingerprint density at radius 1 is 1.00 bits per heavy atom.